The Morgan fingerprint density at radius 1 is 1.39 bits per heavy atom. The maximum absolute atomic E-state index is 12.0. The number of hydrogen-bond donors (Lipinski definition) is 2. The topological polar surface area (TPSA) is 80.9 Å². The van der Waals surface area contributed by atoms with Crippen LogP contribution in [0.25, 0.3) is 0 Å². The van der Waals surface area contributed by atoms with Crippen LogP contribution in [0.2, 0.25) is 0 Å². The summed E-state index contributed by atoms with van der Waals surface area (Å²) in [5, 5.41) is 2.86. The molecule has 0 fully saturated rings. The second-order valence-corrected chi connectivity index (χ2v) is 5.25. The molecule has 0 saturated heterocycles. The van der Waals surface area contributed by atoms with Gasteiger partial charge >= 0.3 is 0 Å². The van der Waals surface area contributed by atoms with Gasteiger partial charge in [0.15, 0.2) is 11.5 Å². The minimum atomic E-state index is -0.306. The highest BCUT2D eigenvalue weighted by molar-refractivity contribution is 7.12. The molecule has 1 atom stereocenters. The first-order chi connectivity index (χ1) is 8.58. The lowest BCUT2D eigenvalue weighted by atomic mass is 10.2. The molecule has 0 aliphatic carbocycles. The lowest BCUT2D eigenvalue weighted by Gasteiger charge is -2.12. The summed E-state index contributed by atoms with van der Waals surface area (Å²) in [6.07, 6.45) is 2.91. The van der Waals surface area contributed by atoms with Crippen LogP contribution in [0.4, 0.5) is 5.82 Å². The van der Waals surface area contributed by atoms with Crippen LogP contribution in [-0.2, 0) is 0 Å². The van der Waals surface area contributed by atoms with Crippen LogP contribution in [0.15, 0.2) is 24.5 Å². The van der Waals surface area contributed by atoms with Gasteiger partial charge in [0, 0.05) is 22.1 Å². The number of carbonyl (C=O) groups is 1. The third-order valence-electron chi connectivity index (χ3n) is 2.48. The van der Waals surface area contributed by atoms with Crippen molar-refractivity contribution in [3.05, 3.63) is 40.0 Å². The first-order valence-electron chi connectivity index (χ1n) is 5.51. The lowest BCUT2D eigenvalue weighted by molar-refractivity contribution is 0.0936. The molecular formula is C12H14N4OS. The van der Waals surface area contributed by atoms with E-state index in [9.17, 15) is 4.79 Å². The minimum Gasteiger partial charge on any atom is -0.382 e. The summed E-state index contributed by atoms with van der Waals surface area (Å²) in [6, 6.07) is 3.96. The van der Waals surface area contributed by atoms with Gasteiger partial charge in [0.2, 0.25) is 0 Å². The van der Waals surface area contributed by atoms with Crippen molar-refractivity contribution >= 4 is 23.1 Å². The first kappa shape index (κ1) is 12.5. The van der Waals surface area contributed by atoms with Crippen LogP contribution in [0.1, 0.15) is 33.2 Å². The van der Waals surface area contributed by atoms with Crippen molar-refractivity contribution in [2.45, 2.75) is 19.9 Å². The van der Waals surface area contributed by atoms with Crippen LogP contribution in [0.5, 0.6) is 0 Å². The van der Waals surface area contributed by atoms with E-state index in [1.165, 1.54) is 17.3 Å². The molecule has 2 heterocycles. The highest BCUT2D eigenvalue weighted by Gasteiger charge is 2.16. The van der Waals surface area contributed by atoms with Crippen LogP contribution >= 0.6 is 11.3 Å². The molecule has 18 heavy (non-hydrogen) atoms. The molecule has 0 aromatic carbocycles. The number of amides is 1. The van der Waals surface area contributed by atoms with Crippen molar-refractivity contribution in [1.29, 1.82) is 0 Å². The van der Waals surface area contributed by atoms with Gasteiger partial charge in [-0.3, -0.25) is 4.79 Å². The molecule has 0 aliphatic rings. The van der Waals surface area contributed by atoms with Gasteiger partial charge in [0.25, 0.3) is 5.91 Å². The number of nitrogens with zero attached hydrogens (tertiary/aromatic N) is 2. The second-order valence-electron chi connectivity index (χ2n) is 3.93. The maximum Gasteiger partial charge on any atom is 0.274 e. The fourth-order valence-corrected chi connectivity index (χ4v) is 2.43. The van der Waals surface area contributed by atoms with Gasteiger partial charge in [0.05, 0.1) is 6.04 Å². The number of aryl methyl sites for hydroxylation is 1. The summed E-state index contributed by atoms with van der Waals surface area (Å²) in [4.78, 5) is 22.1. The second kappa shape index (κ2) is 5.14. The Hall–Kier alpha value is -1.95. The number of nitrogens with two attached hydrogens (primary N) is 1. The summed E-state index contributed by atoms with van der Waals surface area (Å²) < 4.78 is 0. The van der Waals surface area contributed by atoms with Crippen molar-refractivity contribution in [1.82, 2.24) is 15.3 Å². The molecule has 0 bridgehead atoms. The van der Waals surface area contributed by atoms with Gasteiger partial charge in [-0.1, -0.05) is 0 Å². The Balaban J connectivity index is 2.10. The number of thiophene rings is 1. The number of anilines is 1. The van der Waals surface area contributed by atoms with E-state index in [1.807, 2.05) is 26.0 Å². The highest BCUT2D eigenvalue weighted by atomic mass is 32.1. The zero-order chi connectivity index (χ0) is 13.1. The molecule has 94 valence electrons. The third kappa shape index (κ3) is 2.65. The molecule has 3 N–H and O–H groups in total. The number of rotatable bonds is 3. The summed E-state index contributed by atoms with van der Waals surface area (Å²) >= 11 is 1.66. The molecule has 2 aromatic heterocycles. The van der Waals surface area contributed by atoms with Gasteiger partial charge < -0.3 is 11.1 Å². The van der Waals surface area contributed by atoms with Crippen LogP contribution < -0.4 is 11.1 Å². The fraction of sp³-hybridized carbons (Fsp3) is 0.250. The van der Waals surface area contributed by atoms with E-state index in [0.29, 0.717) is 0 Å². The van der Waals surface area contributed by atoms with E-state index in [4.69, 9.17) is 5.73 Å². The highest BCUT2D eigenvalue weighted by Crippen LogP contribution is 2.22. The Kier molecular flexibility index (Phi) is 3.57. The third-order valence-corrected chi connectivity index (χ3v) is 3.66. The van der Waals surface area contributed by atoms with Gasteiger partial charge in [-0.25, -0.2) is 9.97 Å². The number of hydrogen-bond acceptors (Lipinski definition) is 5. The molecular weight excluding hydrogens is 248 g/mol. The number of carbonyl (C=O) groups excluding carboxylic acids is 1. The lowest BCUT2D eigenvalue weighted by Crippen LogP contribution is -2.28. The van der Waals surface area contributed by atoms with E-state index in [2.05, 4.69) is 15.3 Å². The number of nitrogens with one attached hydrogen (secondary N) is 1. The standard InChI is InChI=1S/C12H14N4OS/c1-7-3-4-9(18-7)8(2)16-12(17)10-11(13)15-6-5-14-10/h3-6,8H,1-2H3,(H2,13,15)(H,16,17)/t8-/m0/s1. The Labute approximate surface area is 109 Å². The molecule has 0 unspecified atom stereocenters. The zero-order valence-corrected chi connectivity index (χ0v) is 11.0. The molecule has 2 rings (SSSR count). The van der Waals surface area contributed by atoms with Crippen molar-refractivity contribution in [2.24, 2.45) is 0 Å². The monoisotopic (exact) mass is 262 g/mol. The zero-order valence-electron chi connectivity index (χ0n) is 10.2. The van der Waals surface area contributed by atoms with Crippen molar-refractivity contribution in [3.8, 4) is 0 Å². The first-order valence-corrected chi connectivity index (χ1v) is 6.33. The Morgan fingerprint density at radius 3 is 2.72 bits per heavy atom. The molecule has 6 heteroatoms. The predicted octanol–water partition coefficient (Wildman–Crippen LogP) is 1.92. The van der Waals surface area contributed by atoms with E-state index < -0.39 is 0 Å². The molecule has 0 saturated carbocycles. The summed E-state index contributed by atoms with van der Waals surface area (Å²) in [5.74, 6) is -0.163. The van der Waals surface area contributed by atoms with E-state index in [-0.39, 0.29) is 23.5 Å². The molecule has 0 spiro atoms. The van der Waals surface area contributed by atoms with E-state index >= 15 is 0 Å². The molecule has 1 amide bonds. The Bertz CT molecular complexity index is 567. The average Bonchev–Trinajstić information content (AvgIpc) is 2.76. The molecule has 5 nitrogen and oxygen atoms in total. The van der Waals surface area contributed by atoms with Gasteiger partial charge in [-0.05, 0) is 26.0 Å². The summed E-state index contributed by atoms with van der Waals surface area (Å²) in [5.41, 5.74) is 5.77. The minimum absolute atomic E-state index is 0.0717. The predicted molar refractivity (Wildman–Crippen MR) is 71.4 cm³/mol. The smallest absolute Gasteiger partial charge is 0.274 e. The fourth-order valence-electron chi connectivity index (χ4n) is 1.55. The SMILES string of the molecule is Cc1ccc([C@H](C)NC(=O)c2nccnc2N)s1. The molecule has 0 radical (unpaired) electrons. The normalized spacial score (nSPS) is 12.1. The summed E-state index contributed by atoms with van der Waals surface area (Å²) in [6.45, 7) is 3.96. The summed E-state index contributed by atoms with van der Waals surface area (Å²) in [7, 11) is 0. The van der Waals surface area contributed by atoms with Crippen LogP contribution in [0, 0.1) is 6.92 Å². The largest absolute Gasteiger partial charge is 0.382 e. The van der Waals surface area contributed by atoms with Gasteiger partial charge in [-0.2, -0.15) is 0 Å². The van der Waals surface area contributed by atoms with Gasteiger partial charge in [-0.15, -0.1) is 11.3 Å². The van der Waals surface area contributed by atoms with E-state index in [1.54, 1.807) is 11.3 Å². The number of aromatic nitrogens is 2. The number of nitrogen functional groups attached to an aromatic ring is 1. The quantitative estimate of drug-likeness (QED) is 0.885. The average molecular weight is 262 g/mol. The van der Waals surface area contributed by atoms with Crippen LogP contribution in [0.3, 0.4) is 0 Å². The molecule has 2 aromatic rings. The Morgan fingerprint density at radius 2 is 2.11 bits per heavy atom. The molecule has 0 aliphatic heterocycles. The van der Waals surface area contributed by atoms with Gasteiger partial charge in [0.1, 0.15) is 0 Å². The maximum atomic E-state index is 12.0. The van der Waals surface area contributed by atoms with Crippen LogP contribution in [-0.4, -0.2) is 15.9 Å². The van der Waals surface area contributed by atoms with Crippen molar-refractivity contribution in [2.75, 3.05) is 5.73 Å². The van der Waals surface area contributed by atoms with E-state index in [0.717, 1.165) is 4.88 Å². The van der Waals surface area contributed by atoms with Crippen molar-refractivity contribution < 1.29 is 4.79 Å². The van der Waals surface area contributed by atoms with Crippen molar-refractivity contribution in [3.63, 3.8) is 0 Å².